The van der Waals surface area contributed by atoms with Gasteiger partial charge in [0.25, 0.3) is 0 Å². The first-order chi connectivity index (χ1) is 9.24. The third-order valence-corrected chi connectivity index (χ3v) is 5.74. The predicted molar refractivity (Wildman–Crippen MR) is 78.0 cm³/mol. The Bertz CT molecular complexity index is 437. The maximum Gasteiger partial charge on any atom is 0.238 e. The van der Waals surface area contributed by atoms with E-state index in [-0.39, 0.29) is 12.1 Å². The zero-order chi connectivity index (χ0) is 13.3. The summed E-state index contributed by atoms with van der Waals surface area (Å²) < 4.78 is 0. The summed E-state index contributed by atoms with van der Waals surface area (Å²) in [6.45, 7) is 3.69. The molecule has 3 rings (SSSR count). The van der Waals surface area contributed by atoms with Crippen LogP contribution in [0.1, 0.15) is 50.1 Å². The molecule has 1 aliphatic heterocycles. The van der Waals surface area contributed by atoms with E-state index in [9.17, 15) is 4.79 Å². The van der Waals surface area contributed by atoms with E-state index in [1.54, 1.807) is 11.3 Å². The summed E-state index contributed by atoms with van der Waals surface area (Å²) in [6, 6.07) is 4.19. The quantitative estimate of drug-likeness (QED) is 0.917. The molecule has 1 N–H and O–H groups in total. The van der Waals surface area contributed by atoms with E-state index < -0.39 is 0 Å². The van der Waals surface area contributed by atoms with Crippen LogP contribution >= 0.6 is 11.3 Å². The minimum atomic E-state index is 0.108. The molecule has 1 atom stereocenters. The van der Waals surface area contributed by atoms with Gasteiger partial charge >= 0.3 is 0 Å². The van der Waals surface area contributed by atoms with Gasteiger partial charge in [0.1, 0.15) is 6.17 Å². The Morgan fingerprint density at radius 3 is 2.89 bits per heavy atom. The van der Waals surface area contributed by atoms with Crippen LogP contribution < -0.4 is 5.32 Å². The van der Waals surface area contributed by atoms with Crippen LogP contribution in [0.15, 0.2) is 17.5 Å². The number of thiophene rings is 1. The highest BCUT2D eigenvalue weighted by molar-refractivity contribution is 7.10. The number of nitrogens with zero attached hydrogens (tertiary/aromatic N) is 1. The van der Waals surface area contributed by atoms with Crippen molar-refractivity contribution in [2.45, 2.75) is 45.2 Å². The second-order valence-corrected chi connectivity index (χ2v) is 6.86. The zero-order valence-electron chi connectivity index (χ0n) is 11.5. The van der Waals surface area contributed by atoms with Crippen molar-refractivity contribution in [2.75, 3.05) is 13.1 Å². The third kappa shape index (κ3) is 2.43. The molecule has 0 aromatic carbocycles. The molecule has 1 aliphatic carbocycles. The first-order valence-electron chi connectivity index (χ1n) is 7.30. The van der Waals surface area contributed by atoms with Gasteiger partial charge in [0.15, 0.2) is 0 Å². The minimum Gasteiger partial charge on any atom is -0.320 e. The topological polar surface area (TPSA) is 32.3 Å². The molecular weight excluding hydrogens is 256 g/mol. The highest BCUT2D eigenvalue weighted by Gasteiger charge is 2.40. The molecule has 1 saturated carbocycles. The number of nitrogens with one attached hydrogen (secondary N) is 1. The van der Waals surface area contributed by atoms with Crippen molar-refractivity contribution in [3.63, 3.8) is 0 Å². The molecule has 19 heavy (non-hydrogen) atoms. The van der Waals surface area contributed by atoms with Gasteiger partial charge in [-0.2, -0.15) is 0 Å². The Labute approximate surface area is 119 Å². The molecule has 1 aromatic rings. The monoisotopic (exact) mass is 278 g/mol. The van der Waals surface area contributed by atoms with Crippen molar-refractivity contribution in [1.29, 1.82) is 0 Å². The van der Waals surface area contributed by atoms with Gasteiger partial charge in [-0.3, -0.25) is 10.1 Å². The van der Waals surface area contributed by atoms with Gasteiger partial charge in [-0.15, -0.1) is 11.3 Å². The van der Waals surface area contributed by atoms with E-state index in [2.05, 4.69) is 34.7 Å². The molecule has 2 fully saturated rings. The van der Waals surface area contributed by atoms with Gasteiger partial charge in [-0.05, 0) is 36.1 Å². The fourth-order valence-corrected chi connectivity index (χ4v) is 4.34. The lowest BCUT2D eigenvalue weighted by atomic mass is 9.83. The van der Waals surface area contributed by atoms with Gasteiger partial charge in [-0.1, -0.05) is 25.8 Å². The van der Waals surface area contributed by atoms with Crippen molar-refractivity contribution in [3.05, 3.63) is 22.4 Å². The lowest BCUT2D eigenvalue weighted by Crippen LogP contribution is -2.39. The number of hydrogen-bond donors (Lipinski definition) is 1. The van der Waals surface area contributed by atoms with E-state index in [1.807, 2.05) is 0 Å². The van der Waals surface area contributed by atoms with Gasteiger partial charge in [-0.25, -0.2) is 0 Å². The number of amides is 1. The average Bonchev–Trinajstić information content (AvgIpc) is 3.13. The summed E-state index contributed by atoms with van der Waals surface area (Å²) in [4.78, 5) is 15.5. The van der Waals surface area contributed by atoms with Crippen molar-refractivity contribution >= 4 is 17.2 Å². The third-order valence-electron chi connectivity index (χ3n) is 4.81. The zero-order valence-corrected chi connectivity index (χ0v) is 12.3. The average molecular weight is 278 g/mol. The van der Waals surface area contributed by atoms with Crippen LogP contribution in [-0.2, 0) is 4.79 Å². The number of carbonyl (C=O) groups excluding carboxylic acids is 1. The number of carbonyl (C=O) groups is 1. The minimum absolute atomic E-state index is 0.108. The van der Waals surface area contributed by atoms with Crippen molar-refractivity contribution in [2.24, 2.45) is 5.41 Å². The molecule has 0 spiro atoms. The Kier molecular flexibility index (Phi) is 3.63. The van der Waals surface area contributed by atoms with Gasteiger partial charge in [0, 0.05) is 11.4 Å². The summed E-state index contributed by atoms with van der Waals surface area (Å²) in [5, 5.41) is 5.45. The van der Waals surface area contributed by atoms with Gasteiger partial charge in [0.2, 0.25) is 5.91 Å². The summed E-state index contributed by atoms with van der Waals surface area (Å²) in [5.41, 5.74) is 0.372. The maximum atomic E-state index is 12.2. The standard InChI is InChI=1S/C15H22N2OS/c1-2-15(7-3-4-8-15)11-17-13(18)10-16-14(17)12-6-5-9-19-12/h5-6,9,14,16H,2-4,7-8,10-11H2,1H3. The van der Waals surface area contributed by atoms with Crippen LogP contribution in [-0.4, -0.2) is 23.9 Å². The molecule has 0 bridgehead atoms. The Morgan fingerprint density at radius 2 is 2.26 bits per heavy atom. The second kappa shape index (κ2) is 5.25. The van der Waals surface area contributed by atoms with E-state index in [1.165, 1.54) is 37.0 Å². The fourth-order valence-electron chi connectivity index (χ4n) is 3.53. The first kappa shape index (κ1) is 13.1. The highest BCUT2D eigenvalue weighted by Crippen LogP contribution is 2.43. The van der Waals surface area contributed by atoms with E-state index in [4.69, 9.17) is 0 Å². The molecule has 2 heterocycles. The van der Waals surface area contributed by atoms with Crippen LogP contribution in [0.4, 0.5) is 0 Å². The lowest BCUT2D eigenvalue weighted by molar-refractivity contribution is -0.129. The second-order valence-electron chi connectivity index (χ2n) is 5.88. The Hall–Kier alpha value is -0.870. The van der Waals surface area contributed by atoms with Crippen LogP contribution in [0.3, 0.4) is 0 Å². The molecule has 104 valence electrons. The molecular formula is C15H22N2OS. The summed E-state index contributed by atoms with van der Waals surface area (Å²) in [7, 11) is 0. The first-order valence-corrected chi connectivity index (χ1v) is 8.18. The predicted octanol–water partition coefficient (Wildman–Crippen LogP) is 3.15. The normalized spacial score (nSPS) is 26.3. The SMILES string of the molecule is CCC1(CN2C(=O)CNC2c2cccs2)CCCC1. The lowest BCUT2D eigenvalue weighted by Gasteiger charge is -2.35. The van der Waals surface area contributed by atoms with Gasteiger partial charge in [0.05, 0.1) is 6.54 Å². The van der Waals surface area contributed by atoms with Crippen LogP contribution in [0.25, 0.3) is 0 Å². The molecule has 1 unspecified atom stereocenters. The van der Waals surface area contributed by atoms with E-state index in [0.717, 1.165) is 6.54 Å². The van der Waals surface area contributed by atoms with Crippen LogP contribution in [0.2, 0.25) is 0 Å². The largest absolute Gasteiger partial charge is 0.320 e. The summed E-state index contributed by atoms with van der Waals surface area (Å²) in [5.74, 6) is 0.262. The van der Waals surface area contributed by atoms with Gasteiger partial charge < -0.3 is 4.90 Å². The van der Waals surface area contributed by atoms with Crippen molar-refractivity contribution < 1.29 is 4.79 Å². The molecule has 4 heteroatoms. The molecule has 1 aromatic heterocycles. The number of hydrogen-bond acceptors (Lipinski definition) is 3. The van der Waals surface area contributed by atoms with Crippen LogP contribution in [0.5, 0.6) is 0 Å². The van der Waals surface area contributed by atoms with E-state index in [0.29, 0.717) is 12.0 Å². The maximum absolute atomic E-state index is 12.2. The molecule has 2 aliphatic rings. The molecule has 1 amide bonds. The highest BCUT2D eigenvalue weighted by atomic mass is 32.1. The summed E-state index contributed by atoms with van der Waals surface area (Å²) in [6.07, 6.45) is 6.51. The van der Waals surface area contributed by atoms with Crippen LogP contribution in [0, 0.1) is 5.41 Å². The molecule has 3 nitrogen and oxygen atoms in total. The number of rotatable bonds is 4. The molecule has 0 radical (unpaired) electrons. The van der Waals surface area contributed by atoms with Crippen molar-refractivity contribution in [3.8, 4) is 0 Å². The Balaban J connectivity index is 1.79. The fraction of sp³-hybridized carbons (Fsp3) is 0.667. The summed E-state index contributed by atoms with van der Waals surface area (Å²) >= 11 is 1.73. The smallest absolute Gasteiger partial charge is 0.238 e. The molecule has 1 saturated heterocycles. The van der Waals surface area contributed by atoms with E-state index >= 15 is 0 Å². The van der Waals surface area contributed by atoms with Crippen molar-refractivity contribution in [1.82, 2.24) is 10.2 Å². The Morgan fingerprint density at radius 1 is 1.47 bits per heavy atom.